The Morgan fingerprint density at radius 3 is 2.21 bits per heavy atom. The van der Waals surface area contributed by atoms with E-state index in [4.69, 9.17) is 11.6 Å². The zero-order valence-corrected chi connectivity index (χ0v) is 12.1. The summed E-state index contributed by atoms with van der Waals surface area (Å²) in [6.07, 6.45) is 0. The maximum Gasteiger partial charge on any atom is 0.0637 e. The Hall–Kier alpha value is -1.67. The molecule has 0 aliphatic heterocycles. The van der Waals surface area contributed by atoms with E-state index in [9.17, 15) is 0 Å². The minimum Gasteiger partial charge on any atom is -0.383 e. The van der Waals surface area contributed by atoms with Crippen molar-refractivity contribution < 1.29 is 0 Å². The summed E-state index contributed by atoms with van der Waals surface area (Å²) in [6.45, 7) is 5.95. The number of hydrogen-bond acceptors (Lipinski definition) is 2. The van der Waals surface area contributed by atoms with Crippen molar-refractivity contribution in [3.05, 3.63) is 58.6 Å². The topological polar surface area (TPSA) is 24.1 Å². The van der Waals surface area contributed by atoms with Crippen molar-refractivity contribution in [3.63, 3.8) is 0 Å². The standard InChI is InChI=1S/C16H19ClN2/c1-12-6-5-9-15(13(12)2)18-10-11-19-16-8-4-3-7-14(16)17/h3-9,18-19H,10-11H2,1-2H3. The van der Waals surface area contributed by atoms with Crippen molar-refractivity contribution in [1.29, 1.82) is 0 Å². The normalized spacial score (nSPS) is 10.3. The lowest BCUT2D eigenvalue weighted by atomic mass is 10.1. The highest BCUT2D eigenvalue weighted by Crippen LogP contribution is 2.20. The van der Waals surface area contributed by atoms with E-state index < -0.39 is 0 Å². The largest absolute Gasteiger partial charge is 0.383 e. The van der Waals surface area contributed by atoms with E-state index >= 15 is 0 Å². The number of para-hydroxylation sites is 1. The van der Waals surface area contributed by atoms with E-state index in [0.717, 1.165) is 23.8 Å². The van der Waals surface area contributed by atoms with Gasteiger partial charge in [-0.3, -0.25) is 0 Å². The van der Waals surface area contributed by atoms with Crippen molar-refractivity contribution in [2.24, 2.45) is 0 Å². The second-order valence-electron chi connectivity index (χ2n) is 4.58. The molecule has 0 spiro atoms. The lowest BCUT2D eigenvalue weighted by Gasteiger charge is -2.13. The summed E-state index contributed by atoms with van der Waals surface area (Å²) < 4.78 is 0. The van der Waals surface area contributed by atoms with Gasteiger partial charge in [0.2, 0.25) is 0 Å². The molecular weight excluding hydrogens is 256 g/mol. The Labute approximate surface area is 119 Å². The number of rotatable bonds is 5. The number of aryl methyl sites for hydroxylation is 1. The summed E-state index contributed by atoms with van der Waals surface area (Å²) in [5.41, 5.74) is 4.79. The molecule has 2 N–H and O–H groups in total. The van der Waals surface area contributed by atoms with Crippen molar-refractivity contribution in [3.8, 4) is 0 Å². The van der Waals surface area contributed by atoms with Crippen LogP contribution in [-0.4, -0.2) is 13.1 Å². The molecule has 2 nitrogen and oxygen atoms in total. The van der Waals surface area contributed by atoms with Gasteiger partial charge in [0.25, 0.3) is 0 Å². The van der Waals surface area contributed by atoms with Crippen LogP contribution in [0.1, 0.15) is 11.1 Å². The quantitative estimate of drug-likeness (QED) is 0.786. The van der Waals surface area contributed by atoms with Crippen LogP contribution in [-0.2, 0) is 0 Å². The summed E-state index contributed by atoms with van der Waals surface area (Å²) in [5.74, 6) is 0. The fourth-order valence-electron chi connectivity index (χ4n) is 1.94. The third kappa shape index (κ3) is 3.65. The molecule has 0 unspecified atom stereocenters. The maximum atomic E-state index is 6.08. The summed E-state index contributed by atoms with van der Waals surface area (Å²) >= 11 is 6.08. The van der Waals surface area contributed by atoms with Crippen LogP contribution in [0.15, 0.2) is 42.5 Å². The zero-order valence-electron chi connectivity index (χ0n) is 11.3. The summed E-state index contributed by atoms with van der Waals surface area (Å²) in [7, 11) is 0. The second-order valence-corrected chi connectivity index (χ2v) is 4.99. The van der Waals surface area contributed by atoms with Crippen molar-refractivity contribution in [1.82, 2.24) is 0 Å². The SMILES string of the molecule is Cc1cccc(NCCNc2ccccc2Cl)c1C. The second kappa shape index (κ2) is 6.48. The minimum absolute atomic E-state index is 0.759. The number of anilines is 2. The van der Waals surface area contributed by atoms with E-state index in [1.807, 2.05) is 24.3 Å². The lowest BCUT2D eigenvalue weighted by Crippen LogP contribution is -2.14. The number of hydrogen-bond donors (Lipinski definition) is 2. The smallest absolute Gasteiger partial charge is 0.0637 e. The van der Waals surface area contributed by atoms with Gasteiger partial charge in [0.05, 0.1) is 10.7 Å². The molecule has 100 valence electrons. The molecule has 0 amide bonds. The van der Waals surface area contributed by atoms with E-state index in [-0.39, 0.29) is 0 Å². The van der Waals surface area contributed by atoms with Gasteiger partial charge in [0, 0.05) is 18.8 Å². The van der Waals surface area contributed by atoms with Gasteiger partial charge >= 0.3 is 0 Å². The maximum absolute atomic E-state index is 6.08. The average Bonchev–Trinajstić information content (AvgIpc) is 2.41. The van der Waals surface area contributed by atoms with Gasteiger partial charge in [-0.2, -0.15) is 0 Å². The van der Waals surface area contributed by atoms with Crippen LogP contribution in [0.3, 0.4) is 0 Å². The fourth-order valence-corrected chi connectivity index (χ4v) is 2.14. The highest BCUT2D eigenvalue weighted by Gasteiger charge is 2.00. The third-order valence-electron chi connectivity index (χ3n) is 3.23. The van der Waals surface area contributed by atoms with Crippen LogP contribution in [0.4, 0.5) is 11.4 Å². The minimum atomic E-state index is 0.759. The van der Waals surface area contributed by atoms with E-state index in [2.05, 4.69) is 42.7 Å². The summed E-state index contributed by atoms with van der Waals surface area (Å²) in [5, 5.41) is 7.52. The Morgan fingerprint density at radius 1 is 0.842 bits per heavy atom. The monoisotopic (exact) mass is 274 g/mol. The Morgan fingerprint density at radius 2 is 1.47 bits per heavy atom. The molecule has 0 aromatic heterocycles. The molecule has 0 fully saturated rings. The third-order valence-corrected chi connectivity index (χ3v) is 3.56. The van der Waals surface area contributed by atoms with Crippen LogP contribution in [0.25, 0.3) is 0 Å². The molecule has 2 aromatic carbocycles. The van der Waals surface area contributed by atoms with Crippen molar-refractivity contribution in [2.45, 2.75) is 13.8 Å². The van der Waals surface area contributed by atoms with Gasteiger partial charge in [0.15, 0.2) is 0 Å². The van der Waals surface area contributed by atoms with Crippen molar-refractivity contribution >= 4 is 23.0 Å². The van der Waals surface area contributed by atoms with Crippen LogP contribution in [0, 0.1) is 13.8 Å². The molecule has 19 heavy (non-hydrogen) atoms. The van der Waals surface area contributed by atoms with E-state index in [0.29, 0.717) is 0 Å². The fraction of sp³-hybridized carbons (Fsp3) is 0.250. The highest BCUT2D eigenvalue weighted by molar-refractivity contribution is 6.33. The molecule has 0 saturated heterocycles. The summed E-state index contributed by atoms with van der Waals surface area (Å²) in [6, 6.07) is 14.1. The first-order valence-electron chi connectivity index (χ1n) is 6.47. The molecule has 2 rings (SSSR count). The first-order chi connectivity index (χ1) is 9.18. The zero-order chi connectivity index (χ0) is 13.7. The van der Waals surface area contributed by atoms with Gasteiger partial charge in [-0.1, -0.05) is 35.9 Å². The number of nitrogens with one attached hydrogen (secondary N) is 2. The van der Waals surface area contributed by atoms with Gasteiger partial charge in [-0.25, -0.2) is 0 Å². The van der Waals surface area contributed by atoms with Crippen LogP contribution in [0.2, 0.25) is 5.02 Å². The summed E-state index contributed by atoms with van der Waals surface area (Å²) in [4.78, 5) is 0. The molecule has 0 radical (unpaired) electrons. The Bertz CT molecular complexity index is 552. The average molecular weight is 275 g/mol. The molecule has 2 aromatic rings. The number of benzene rings is 2. The Kier molecular flexibility index (Phi) is 4.69. The molecular formula is C16H19ClN2. The number of halogens is 1. The van der Waals surface area contributed by atoms with E-state index in [1.165, 1.54) is 16.8 Å². The van der Waals surface area contributed by atoms with Gasteiger partial charge in [-0.05, 0) is 43.2 Å². The molecule has 3 heteroatoms. The van der Waals surface area contributed by atoms with Gasteiger partial charge in [-0.15, -0.1) is 0 Å². The van der Waals surface area contributed by atoms with Crippen LogP contribution >= 0.6 is 11.6 Å². The Balaban J connectivity index is 1.84. The first-order valence-corrected chi connectivity index (χ1v) is 6.85. The van der Waals surface area contributed by atoms with E-state index in [1.54, 1.807) is 0 Å². The molecule has 0 bridgehead atoms. The molecule has 0 aliphatic rings. The lowest BCUT2D eigenvalue weighted by molar-refractivity contribution is 1.07. The molecule has 0 saturated carbocycles. The van der Waals surface area contributed by atoms with Crippen LogP contribution < -0.4 is 10.6 Å². The molecule has 0 aliphatic carbocycles. The highest BCUT2D eigenvalue weighted by atomic mass is 35.5. The molecule has 0 heterocycles. The van der Waals surface area contributed by atoms with Gasteiger partial charge < -0.3 is 10.6 Å². The first kappa shape index (κ1) is 13.8. The predicted molar refractivity (Wildman–Crippen MR) is 84.3 cm³/mol. The molecule has 0 atom stereocenters. The van der Waals surface area contributed by atoms with Crippen molar-refractivity contribution in [2.75, 3.05) is 23.7 Å². The van der Waals surface area contributed by atoms with Gasteiger partial charge in [0.1, 0.15) is 0 Å². The van der Waals surface area contributed by atoms with Crippen LogP contribution in [0.5, 0.6) is 0 Å². The predicted octanol–water partition coefficient (Wildman–Crippen LogP) is 4.48.